The predicted octanol–water partition coefficient (Wildman–Crippen LogP) is 4.39. The van der Waals surface area contributed by atoms with Crippen LogP contribution in [-0.4, -0.2) is 46.4 Å². The number of phenolic OH excluding ortho intramolecular Hbond substituents is 4. The fourth-order valence-electron chi connectivity index (χ4n) is 5.11. The molecule has 0 atom stereocenters. The van der Waals surface area contributed by atoms with E-state index >= 15 is 0 Å². The van der Waals surface area contributed by atoms with Crippen LogP contribution in [0.5, 0.6) is 46.0 Å². The molecule has 0 aromatic heterocycles. The SMILES string of the molecule is Oc1cccc(/C=N/C2(/N=C/c3cccc(O)c3O)c3ccc4c(c3-c3c2ccc2c3OCO2)OCO4)c1O. The lowest BCUT2D eigenvalue weighted by Crippen LogP contribution is -2.21. The first-order valence-corrected chi connectivity index (χ1v) is 12.0. The van der Waals surface area contributed by atoms with Gasteiger partial charge in [-0.25, -0.2) is 0 Å². The minimum Gasteiger partial charge on any atom is -0.504 e. The Morgan fingerprint density at radius 1 is 0.590 bits per heavy atom. The van der Waals surface area contributed by atoms with Gasteiger partial charge in [-0.15, -0.1) is 0 Å². The number of para-hydroxylation sites is 2. The van der Waals surface area contributed by atoms with E-state index in [9.17, 15) is 20.4 Å². The number of aliphatic imine (C=N–C) groups is 2. The maximum absolute atomic E-state index is 10.5. The van der Waals surface area contributed by atoms with Crippen molar-refractivity contribution in [2.45, 2.75) is 5.66 Å². The summed E-state index contributed by atoms with van der Waals surface area (Å²) >= 11 is 0. The highest BCUT2D eigenvalue weighted by Crippen LogP contribution is 2.61. The van der Waals surface area contributed by atoms with Crippen LogP contribution >= 0.6 is 0 Å². The molecule has 0 unspecified atom stereocenters. The van der Waals surface area contributed by atoms with Gasteiger partial charge in [0.15, 0.2) is 46.0 Å². The van der Waals surface area contributed by atoms with E-state index in [4.69, 9.17) is 28.9 Å². The van der Waals surface area contributed by atoms with Crippen molar-refractivity contribution in [2.24, 2.45) is 9.98 Å². The summed E-state index contributed by atoms with van der Waals surface area (Å²) in [5, 5.41) is 41.0. The van der Waals surface area contributed by atoms with Gasteiger partial charge in [0.2, 0.25) is 19.2 Å². The highest BCUT2D eigenvalue weighted by Gasteiger charge is 2.48. The van der Waals surface area contributed by atoms with Crippen molar-refractivity contribution < 1.29 is 39.4 Å². The van der Waals surface area contributed by atoms with Gasteiger partial charge in [0.1, 0.15) is 0 Å². The van der Waals surface area contributed by atoms with E-state index in [1.807, 2.05) is 12.1 Å². The molecule has 10 nitrogen and oxygen atoms in total. The molecule has 3 aliphatic rings. The average molecular weight is 524 g/mol. The fraction of sp³-hybridized carbons (Fsp3) is 0.103. The minimum atomic E-state index is -1.46. The average Bonchev–Trinajstić information content (AvgIpc) is 3.67. The lowest BCUT2D eigenvalue weighted by molar-refractivity contribution is 0.173. The summed E-state index contributed by atoms with van der Waals surface area (Å²) in [6, 6.07) is 16.3. The normalized spacial score (nSPS) is 15.7. The second kappa shape index (κ2) is 8.32. The van der Waals surface area contributed by atoms with Crippen molar-refractivity contribution in [3.8, 4) is 57.1 Å². The van der Waals surface area contributed by atoms with E-state index in [0.717, 1.165) is 0 Å². The summed E-state index contributed by atoms with van der Waals surface area (Å²) in [6.07, 6.45) is 2.84. The van der Waals surface area contributed by atoms with Crippen LogP contribution in [0.15, 0.2) is 70.6 Å². The number of aromatic hydroxyl groups is 4. The maximum atomic E-state index is 10.5. The van der Waals surface area contributed by atoms with Gasteiger partial charge in [-0.3, -0.25) is 9.98 Å². The molecule has 0 radical (unpaired) electrons. The third-order valence-corrected chi connectivity index (χ3v) is 6.95. The lowest BCUT2D eigenvalue weighted by atomic mass is 9.97. The number of phenols is 4. The molecule has 0 saturated heterocycles. The molecule has 2 aliphatic heterocycles. The highest BCUT2D eigenvalue weighted by molar-refractivity contribution is 5.95. The minimum absolute atomic E-state index is 0.0430. The molecule has 39 heavy (non-hydrogen) atoms. The molecule has 0 amide bonds. The van der Waals surface area contributed by atoms with Crippen LogP contribution in [0.4, 0.5) is 0 Å². The Hall–Kier alpha value is -5.38. The van der Waals surface area contributed by atoms with E-state index in [0.29, 0.717) is 45.3 Å². The van der Waals surface area contributed by atoms with Crippen LogP contribution < -0.4 is 18.9 Å². The second-order valence-electron chi connectivity index (χ2n) is 9.06. The predicted molar refractivity (Wildman–Crippen MR) is 140 cm³/mol. The van der Waals surface area contributed by atoms with Crippen molar-refractivity contribution in [3.05, 3.63) is 82.9 Å². The molecule has 2 heterocycles. The quantitative estimate of drug-likeness (QED) is 0.228. The topological polar surface area (TPSA) is 143 Å². The molecule has 1 aliphatic carbocycles. The number of rotatable bonds is 4. The Labute approximate surface area is 221 Å². The van der Waals surface area contributed by atoms with Crippen LogP contribution in [0, 0.1) is 0 Å². The van der Waals surface area contributed by atoms with Crippen LogP contribution in [0.2, 0.25) is 0 Å². The zero-order valence-electron chi connectivity index (χ0n) is 20.2. The van der Waals surface area contributed by atoms with E-state index < -0.39 is 5.66 Å². The summed E-state index contributed by atoms with van der Waals surface area (Å²) in [4.78, 5) is 9.79. The summed E-state index contributed by atoms with van der Waals surface area (Å²) in [7, 11) is 0. The zero-order chi connectivity index (χ0) is 26.7. The molecule has 4 aromatic rings. The molecule has 194 valence electrons. The zero-order valence-corrected chi connectivity index (χ0v) is 20.2. The van der Waals surface area contributed by atoms with Crippen LogP contribution in [0.1, 0.15) is 22.3 Å². The van der Waals surface area contributed by atoms with Gasteiger partial charge in [0.25, 0.3) is 0 Å². The summed E-state index contributed by atoms with van der Waals surface area (Å²) in [5.41, 5.74) is 1.65. The van der Waals surface area contributed by atoms with Gasteiger partial charge < -0.3 is 39.4 Å². The third kappa shape index (κ3) is 3.28. The van der Waals surface area contributed by atoms with Crippen molar-refractivity contribution >= 4 is 12.4 Å². The van der Waals surface area contributed by atoms with Crippen LogP contribution in [0.3, 0.4) is 0 Å². The molecule has 0 spiro atoms. The molecular formula is C29H20N2O8. The molecule has 4 aromatic carbocycles. The van der Waals surface area contributed by atoms with Gasteiger partial charge in [0, 0.05) is 45.8 Å². The van der Waals surface area contributed by atoms with Crippen molar-refractivity contribution in [2.75, 3.05) is 13.6 Å². The largest absolute Gasteiger partial charge is 0.504 e. The maximum Gasteiger partial charge on any atom is 0.231 e. The van der Waals surface area contributed by atoms with E-state index in [2.05, 4.69) is 0 Å². The molecule has 0 bridgehead atoms. The first-order chi connectivity index (χ1) is 19.0. The number of ether oxygens (including phenoxy) is 4. The van der Waals surface area contributed by atoms with Gasteiger partial charge in [-0.05, 0) is 48.5 Å². The van der Waals surface area contributed by atoms with Crippen LogP contribution in [-0.2, 0) is 5.66 Å². The summed E-state index contributed by atoms with van der Waals surface area (Å²) < 4.78 is 23.1. The summed E-state index contributed by atoms with van der Waals surface area (Å²) in [5.74, 6) is 0.866. The van der Waals surface area contributed by atoms with Gasteiger partial charge in [-0.1, -0.05) is 12.1 Å². The number of hydrogen-bond donors (Lipinski definition) is 4. The van der Waals surface area contributed by atoms with Crippen molar-refractivity contribution in [3.63, 3.8) is 0 Å². The standard InChI is InChI=1S/C29H20N2O8/c32-19-5-1-3-15(25(19)34)11-30-29(31-12-16-4-2-6-20(33)26(16)35)17-7-9-21-27(38-13-36-21)23(17)24-18(29)8-10-22-28(24)39-14-37-22/h1-12,32-35H,13-14H2/b30-11+,31-12+. The number of hydrogen-bond acceptors (Lipinski definition) is 10. The van der Waals surface area contributed by atoms with Gasteiger partial charge in [0.05, 0.1) is 0 Å². The number of nitrogens with zero attached hydrogens (tertiary/aromatic N) is 2. The van der Waals surface area contributed by atoms with E-state index in [-0.39, 0.29) is 47.7 Å². The molecule has 4 N–H and O–H groups in total. The second-order valence-corrected chi connectivity index (χ2v) is 9.06. The van der Waals surface area contributed by atoms with Crippen molar-refractivity contribution in [1.29, 1.82) is 0 Å². The molecule has 0 fully saturated rings. The lowest BCUT2D eigenvalue weighted by Gasteiger charge is -2.23. The first-order valence-electron chi connectivity index (χ1n) is 12.0. The number of benzene rings is 4. The smallest absolute Gasteiger partial charge is 0.231 e. The Bertz CT molecular complexity index is 1600. The number of fused-ring (bicyclic) bond motifs is 7. The Morgan fingerprint density at radius 3 is 1.51 bits per heavy atom. The Balaban J connectivity index is 1.53. The van der Waals surface area contributed by atoms with Gasteiger partial charge in [-0.2, -0.15) is 0 Å². The molecule has 7 rings (SSSR count). The molecular weight excluding hydrogens is 504 g/mol. The van der Waals surface area contributed by atoms with E-state index in [1.165, 1.54) is 24.6 Å². The Morgan fingerprint density at radius 2 is 1.05 bits per heavy atom. The molecule has 10 heteroatoms. The van der Waals surface area contributed by atoms with Gasteiger partial charge >= 0.3 is 0 Å². The summed E-state index contributed by atoms with van der Waals surface area (Å²) in [6.45, 7) is 0.0860. The third-order valence-electron chi connectivity index (χ3n) is 6.95. The first kappa shape index (κ1) is 22.8. The van der Waals surface area contributed by atoms with E-state index in [1.54, 1.807) is 36.4 Å². The molecule has 0 saturated carbocycles. The Kier molecular flexibility index (Phi) is 4.86. The highest BCUT2D eigenvalue weighted by atomic mass is 16.7. The monoisotopic (exact) mass is 524 g/mol. The van der Waals surface area contributed by atoms with Crippen molar-refractivity contribution in [1.82, 2.24) is 0 Å². The van der Waals surface area contributed by atoms with Crippen LogP contribution in [0.25, 0.3) is 11.1 Å². The fourth-order valence-corrected chi connectivity index (χ4v) is 5.11.